The minimum atomic E-state index is 0.0805. The van der Waals surface area contributed by atoms with Crippen LogP contribution in [0.1, 0.15) is 0 Å². The Morgan fingerprint density at radius 2 is 0.927 bits per heavy atom. The number of hydrogen-bond donors (Lipinski definition) is 0. The second-order valence-electron chi connectivity index (χ2n) is 11.0. The summed E-state index contributed by atoms with van der Waals surface area (Å²) in [6.07, 6.45) is 0. The largest absolute Gasteiger partial charge is 0.311 e. The third-order valence-electron chi connectivity index (χ3n) is 8.95. The van der Waals surface area contributed by atoms with Gasteiger partial charge < -0.3 is 9.80 Å². The standard InChI is InChI=1S/C36H23B2ClN2/c39-25-22-29-35-33(23-25)41(27-16-8-3-9-17-27)32-21-11-20-31-36(32)38(35)34-28(37(29)24-12-4-1-5-13-24)18-10-19-30(34)40(31)26-14-6-2-7-15-26/h1-23H. The fourth-order valence-corrected chi connectivity index (χ4v) is 7.72. The van der Waals surface area contributed by atoms with Crippen LogP contribution < -0.4 is 42.6 Å². The third-order valence-corrected chi connectivity index (χ3v) is 9.16. The zero-order valence-corrected chi connectivity index (χ0v) is 23.0. The van der Waals surface area contributed by atoms with Gasteiger partial charge in [0.25, 0.3) is 6.71 Å². The van der Waals surface area contributed by atoms with Gasteiger partial charge in [-0.25, -0.2) is 0 Å². The summed E-state index contributed by atoms with van der Waals surface area (Å²) in [5, 5.41) is 0.765. The van der Waals surface area contributed by atoms with Gasteiger partial charge in [-0.3, -0.25) is 0 Å². The van der Waals surface area contributed by atoms with Crippen molar-refractivity contribution in [3.63, 3.8) is 0 Å². The van der Waals surface area contributed by atoms with Gasteiger partial charge in [0.1, 0.15) is 0 Å². The Hall–Kier alpha value is -4.66. The van der Waals surface area contributed by atoms with Crippen LogP contribution in [-0.2, 0) is 0 Å². The van der Waals surface area contributed by atoms with E-state index < -0.39 is 0 Å². The van der Waals surface area contributed by atoms with Crippen LogP contribution in [0.25, 0.3) is 0 Å². The van der Waals surface area contributed by atoms with Gasteiger partial charge in [0.05, 0.1) is 0 Å². The molecule has 0 amide bonds. The lowest BCUT2D eigenvalue weighted by Crippen LogP contribution is -2.78. The van der Waals surface area contributed by atoms with E-state index in [0.29, 0.717) is 0 Å². The first-order valence-corrected chi connectivity index (χ1v) is 14.5. The highest BCUT2D eigenvalue weighted by molar-refractivity contribution is 7.13. The van der Waals surface area contributed by atoms with Gasteiger partial charge in [-0.2, -0.15) is 0 Å². The molecule has 0 unspecified atom stereocenters. The van der Waals surface area contributed by atoms with Gasteiger partial charge in [-0.1, -0.05) is 113 Å². The topological polar surface area (TPSA) is 6.48 Å². The molecular weight excluding hydrogens is 517 g/mol. The van der Waals surface area contributed by atoms with E-state index in [1.54, 1.807) is 0 Å². The summed E-state index contributed by atoms with van der Waals surface area (Å²) in [4.78, 5) is 4.88. The van der Waals surface area contributed by atoms with Crippen molar-refractivity contribution in [3.8, 4) is 0 Å². The molecule has 3 heterocycles. The molecule has 0 radical (unpaired) electrons. The molecule has 3 aliphatic heterocycles. The predicted molar refractivity (Wildman–Crippen MR) is 177 cm³/mol. The number of benzene rings is 6. The normalized spacial score (nSPS) is 13.8. The monoisotopic (exact) mass is 540 g/mol. The Balaban J connectivity index is 1.45. The minimum Gasteiger partial charge on any atom is -0.311 e. The molecule has 0 N–H and O–H groups in total. The van der Waals surface area contributed by atoms with Gasteiger partial charge in [0.15, 0.2) is 0 Å². The first-order valence-electron chi connectivity index (χ1n) is 14.1. The van der Waals surface area contributed by atoms with Crippen LogP contribution in [0.5, 0.6) is 0 Å². The van der Waals surface area contributed by atoms with Crippen molar-refractivity contribution in [3.05, 3.63) is 145 Å². The van der Waals surface area contributed by atoms with E-state index in [0.717, 1.165) is 10.7 Å². The summed E-state index contributed by atoms with van der Waals surface area (Å²) in [5.74, 6) is 0. The molecule has 0 bridgehead atoms. The van der Waals surface area contributed by atoms with Crippen molar-refractivity contribution >= 4 is 91.9 Å². The van der Waals surface area contributed by atoms with Crippen LogP contribution in [0.3, 0.4) is 0 Å². The van der Waals surface area contributed by atoms with Crippen LogP contribution in [-0.4, -0.2) is 13.4 Å². The highest BCUT2D eigenvalue weighted by Crippen LogP contribution is 2.44. The number of hydrogen-bond acceptors (Lipinski definition) is 2. The van der Waals surface area contributed by atoms with E-state index in [1.807, 2.05) is 0 Å². The van der Waals surface area contributed by atoms with Gasteiger partial charge in [0.2, 0.25) is 6.71 Å². The third kappa shape index (κ3) is 3.17. The molecule has 0 atom stereocenters. The van der Waals surface area contributed by atoms with Crippen LogP contribution in [0, 0.1) is 0 Å². The maximum atomic E-state index is 7.00. The first-order chi connectivity index (χ1) is 20.3. The molecule has 6 aromatic carbocycles. The lowest BCUT2D eigenvalue weighted by molar-refractivity contribution is 1.25. The lowest BCUT2D eigenvalue weighted by atomic mass is 9.19. The highest BCUT2D eigenvalue weighted by Gasteiger charge is 2.50. The fraction of sp³-hybridized carbons (Fsp3) is 0. The molecular formula is C36H23B2ClN2. The molecule has 0 aromatic heterocycles. The van der Waals surface area contributed by atoms with Gasteiger partial charge >= 0.3 is 0 Å². The van der Waals surface area contributed by atoms with E-state index in [-0.39, 0.29) is 13.4 Å². The van der Waals surface area contributed by atoms with Crippen molar-refractivity contribution in [2.45, 2.75) is 0 Å². The van der Waals surface area contributed by atoms with E-state index in [4.69, 9.17) is 11.6 Å². The molecule has 190 valence electrons. The average molecular weight is 541 g/mol. The highest BCUT2D eigenvalue weighted by atomic mass is 35.5. The van der Waals surface area contributed by atoms with E-state index in [1.165, 1.54) is 61.2 Å². The lowest BCUT2D eigenvalue weighted by Gasteiger charge is -2.48. The average Bonchev–Trinajstić information content (AvgIpc) is 3.02. The number of halogens is 1. The molecule has 0 spiro atoms. The summed E-state index contributed by atoms with van der Waals surface area (Å²) < 4.78 is 0. The van der Waals surface area contributed by atoms with Crippen molar-refractivity contribution in [1.82, 2.24) is 0 Å². The molecule has 9 rings (SSSR count). The SMILES string of the molecule is Clc1cc2c3c(c1)N(c1ccccc1)c1cccc4c1B3c1c(cccc1N4c1ccccc1)B2c1ccccc1. The number of para-hydroxylation sites is 2. The maximum absolute atomic E-state index is 7.00. The van der Waals surface area contributed by atoms with Crippen LogP contribution in [0.2, 0.25) is 5.02 Å². The molecule has 41 heavy (non-hydrogen) atoms. The Morgan fingerprint density at radius 1 is 0.415 bits per heavy atom. The smallest absolute Gasteiger partial charge is 0.250 e. The Bertz CT molecular complexity index is 1860. The van der Waals surface area contributed by atoms with E-state index >= 15 is 0 Å². The summed E-state index contributed by atoms with van der Waals surface area (Å²) in [5.41, 5.74) is 15.2. The van der Waals surface area contributed by atoms with Crippen molar-refractivity contribution in [1.29, 1.82) is 0 Å². The second-order valence-corrected chi connectivity index (χ2v) is 11.5. The summed E-state index contributed by atoms with van der Waals surface area (Å²) in [7, 11) is 0. The maximum Gasteiger partial charge on any atom is 0.250 e. The number of rotatable bonds is 3. The molecule has 0 saturated carbocycles. The van der Waals surface area contributed by atoms with E-state index in [2.05, 4.69) is 149 Å². The Morgan fingerprint density at radius 3 is 1.56 bits per heavy atom. The molecule has 0 saturated heterocycles. The quantitative estimate of drug-likeness (QED) is 0.283. The van der Waals surface area contributed by atoms with Gasteiger partial charge in [-0.15, -0.1) is 0 Å². The van der Waals surface area contributed by atoms with Gasteiger partial charge in [0, 0.05) is 39.1 Å². The first kappa shape index (κ1) is 23.1. The Labute approximate surface area is 245 Å². The van der Waals surface area contributed by atoms with Crippen LogP contribution in [0.15, 0.2) is 140 Å². The zero-order chi connectivity index (χ0) is 27.1. The van der Waals surface area contributed by atoms with Gasteiger partial charge in [-0.05, 0) is 71.0 Å². The second kappa shape index (κ2) is 8.67. The zero-order valence-electron chi connectivity index (χ0n) is 22.2. The molecule has 6 aromatic rings. The molecule has 5 heteroatoms. The summed E-state index contributed by atoms with van der Waals surface area (Å²) >= 11 is 7.00. The van der Waals surface area contributed by atoms with Crippen LogP contribution >= 0.6 is 11.6 Å². The number of nitrogens with zero attached hydrogens (tertiary/aromatic N) is 2. The summed E-state index contributed by atoms with van der Waals surface area (Å²) in [6, 6.07) is 50.4. The summed E-state index contributed by atoms with van der Waals surface area (Å²) in [6.45, 7) is 0.200. The molecule has 0 aliphatic carbocycles. The molecule has 2 nitrogen and oxygen atoms in total. The Kier molecular flexibility index (Phi) is 4.88. The molecule has 3 aliphatic rings. The minimum absolute atomic E-state index is 0.0805. The van der Waals surface area contributed by atoms with Crippen molar-refractivity contribution in [2.24, 2.45) is 0 Å². The number of anilines is 6. The van der Waals surface area contributed by atoms with E-state index in [9.17, 15) is 0 Å². The molecule has 0 fully saturated rings. The van der Waals surface area contributed by atoms with Crippen molar-refractivity contribution in [2.75, 3.05) is 9.80 Å². The predicted octanol–water partition coefficient (Wildman–Crippen LogP) is 5.25. The fourth-order valence-electron chi connectivity index (χ4n) is 7.50. The van der Waals surface area contributed by atoms with Crippen molar-refractivity contribution < 1.29 is 0 Å². The van der Waals surface area contributed by atoms with Crippen LogP contribution in [0.4, 0.5) is 34.1 Å².